The van der Waals surface area contributed by atoms with Crippen LogP contribution in [0.2, 0.25) is 0 Å². The van der Waals surface area contributed by atoms with E-state index < -0.39 is 0 Å². The van der Waals surface area contributed by atoms with E-state index in [1.54, 1.807) is 0 Å². The van der Waals surface area contributed by atoms with Crippen molar-refractivity contribution in [1.82, 2.24) is 10.2 Å². The molecule has 1 unspecified atom stereocenters. The quantitative estimate of drug-likeness (QED) is 0.747. The molecule has 0 bridgehead atoms. The van der Waals surface area contributed by atoms with E-state index in [0.717, 1.165) is 32.8 Å². The number of nitrogens with zero attached hydrogens (tertiary/aromatic N) is 1. The molecule has 1 atom stereocenters. The average Bonchev–Trinajstić information content (AvgIpc) is 2.18. The van der Waals surface area contributed by atoms with Crippen LogP contribution in [0, 0.1) is 0 Å². The molecule has 1 heterocycles. The molecule has 0 aromatic carbocycles. The fourth-order valence-corrected chi connectivity index (χ4v) is 1.65. The van der Waals surface area contributed by atoms with Gasteiger partial charge in [0.25, 0.3) is 0 Å². The molecule has 1 rings (SSSR count). The monoisotopic (exact) mass is 218 g/mol. The molecule has 4 heteroatoms. The summed E-state index contributed by atoms with van der Waals surface area (Å²) in [6, 6.07) is 0. The second-order valence-electron chi connectivity index (χ2n) is 3.53. The molecule has 1 aliphatic heterocycles. The predicted octanol–water partition coefficient (Wildman–Crippen LogP) is 1.05. The maximum Gasteiger partial charge on any atom is 0.0826 e. The zero-order chi connectivity index (χ0) is 10.4. The lowest BCUT2D eigenvalue weighted by Crippen LogP contribution is -2.46. The van der Waals surface area contributed by atoms with Gasteiger partial charge < -0.3 is 10.1 Å². The summed E-state index contributed by atoms with van der Waals surface area (Å²) in [6.07, 6.45) is 0.291. The Hall–Kier alpha value is -0.0900. The third-order valence-corrected chi connectivity index (χ3v) is 2.49. The van der Waals surface area contributed by atoms with Crippen LogP contribution in [0.1, 0.15) is 6.92 Å². The Morgan fingerprint density at radius 2 is 2.50 bits per heavy atom. The van der Waals surface area contributed by atoms with E-state index in [4.69, 9.17) is 16.3 Å². The molecule has 0 radical (unpaired) electrons. The van der Waals surface area contributed by atoms with Gasteiger partial charge in [0.05, 0.1) is 12.7 Å². The van der Waals surface area contributed by atoms with E-state index in [2.05, 4.69) is 23.7 Å². The van der Waals surface area contributed by atoms with E-state index in [1.165, 1.54) is 0 Å². The smallest absolute Gasteiger partial charge is 0.0826 e. The van der Waals surface area contributed by atoms with Crippen molar-refractivity contribution in [1.29, 1.82) is 0 Å². The van der Waals surface area contributed by atoms with Gasteiger partial charge in [-0.2, -0.15) is 0 Å². The molecular formula is C10H19ClN2O. The van der Waals surface area contributed by atoms with Crippen LogP contribution >= 0.6 is 11.6 Å². The maximum absolute atomic E-state index is 5.64. The van der Waals surface area contributed by atoms with Gasteiger partial charge in [-0.1, -0.05) is 25.1 Å². The highest BCUT2D eigenvalue weighted by molar-refractivity contribution is 6.29. The summed E-state index contributed by atoms with van der Waals surface area (Å²) in [7, 11) is 0. The second kappa shape index (κ2) is 6.40. The summed E-state index contributed by atoms with van der Waals surface area (Å²) in [5, 5.41) is 3.86. The fraction of sp³-hybridized carbons (Fsp3) is 0.800. The summed E-state index contributed by atoms with van der Waals surface area (Å²) in [6.45, 7) is 11.3. The zero-order valence-electron chi connectivity index (χ0n) is 8.76. The Labute approximate surface area is 91.1 Å². The van der Waals surface area contributed by atoms with E-state index in [-0.39, 0.29) is 0 Å². The number of morpholine rings is 1. The van der Waals surface area contributed by atoms with Gasteiger partial charge in [0.1, 0.15) is 0 Å². The molecular weight excluding hydrogens is 200 g/mol. The molecule has 0 aliphatic carbocycles. The number of hydrogen-bond donors (Lipinski definition) is 1. The lowest BCUT2D eigenvalue weighted by molar-refractivity contribution is -0.0248. The first-order chi connectivity index (χ1) is 6.72. The number of halogens is 1. The van der Waals surface area contributed by atoms with E-state index in [9.17, 15) is 0 Å². The van der Waals surface area contributed by atoms with Crippen molar-refractivity contribution in [2.45, 2.75) is 13.0 Å². The summed E-state index contributed by atoms with van der Waals surface area (Å²) >= 11 is 5.64. The minimum Gasteiger partial charge on any atom is -0.374 e. The van der Waals surface area contributed by atoms with Crippen molar-refractivity contribution in [3.63, 3.8) is 0 Å². The van der Waals surface area contributed by atoms with Crippen molar-refractivity contribution in [2.75, 3.05) is 39.3 Å². The molecule has 1 saturated heterocycles. The highest BCUT2D eigenvalue weighted by Crippen LogP contribution is 2.03. The number of rotatable bonds is 5. The van der Waals surface area contributed by atoms with Crippen LogP contribution < -0.4 is 5.32 Å². The Kier molecular flexibility index (Phi) is 5.48. The zero-order valence-corrected chi connectivity index (χ0v) is 9.52. The van der Waals surface area contributed by atoms with Gasteiger partial charge in [-0.25, -0.2) is 0 Å². The first kappa shape index (κ1) is 12.0. The third-order valence-electron chi connectivity index (χ3n) is 2.36. The maximum atomic E-state index is 5.64. The van der Waals surface area contributed by atoms with Gasteiger partial charge in [-0.3, -0.25) is 4.90 Å². The van der Waals surface area contributed by atoms with Crippen molar-refractivity contribution in [2.24, 2.45) is 0 Å². The van der Waals surface area contributed by atoms with E-state index >= 15 is 0 Å². The van der Waals surface area contributed by atoms with Crippen LogP contribution in [-0.4, -0.2) is 50.3 Å². The van der Waals surface area contributed by atoms with Crippen LogP contribution in [-0.2, 0) is 4.74 Å². The standard InChI is InChI=1S/C10H19ClN2O/c1-3-13-4-5-14-10(8-13)7-12-6-9(2)11/h10,12H,2-8H2,1H3. The van der Waals surface area contributed by atoms with Gasteiger partial charge in [0.2, 0.25) is 0 Å². The molecule has 0 saturated carbocycles. The number of hydrogen-bond acceptors (Lipinski definition) is 3. The third kappa shape index (κ3) is 4.42. The molecule has 3 nitrogen and oxygen atoms in total. The number of likely N-dealkylation sites (N-methyl/N-ethyl adjacent to an activating group) is 1. The first-order valence-electron chi connectivity index (χ1n) is 5.10. The van der Waals surface area contributed by atoms with Gasteiger partial charge in [0, 0.05) is 31.2 Å². The number of ether oxygens (including phenoxy) is 1. The molecule has 14 heavy (non-hydrogen) atoms. The molecule has 1 N–H and O–H groups in total. The lowest BCUT2D eigenvalue weighted by Gasteiger charge is -2.32. The topological polar surface area (TPSA) is 24.5 Å². The molecule has 0 spiro atoms. The van der Waals surface area contributed by atoms with Crippen molar-refractivity contribution in [3.05, 3.63) is 11.6 Å². The normalized spacial score (nSPS) is 23.7. The number of nitrogens with one attached hydrogen (secondary N) is 1. The SMILES string of the molecule is C=C(Cl)CNCC1CN(CC)CCO1. The van der Waals surface area contributed by atoms with Crippen molar-refractivity contribution < 1.29 is 4.74 Å². The van der Waals surface area contributed by atoms with E-state index in [0.29, 0.717) is 17.7 Å². The Bertz CT molecular complexity index is 187. The van der Waals surface area contributed by atoms with Crippen molar-refractivity contribution >= 4 is 11.6 Å². The highest BCUT2D eigenvalue weighted by atomic mass is 35.5. The molecule has 1 fully saturated rings. The first-order valence-corrected chi connectivity index (χ1v) is 5.48. The minimum atomic E-state index is 0.291. The Morgan fingerprint density at radius 1 is 1.71 bits per heavy atom. The summed E-state index contributed by atoms with van der Waals surface area (Å²) in [4.78, 5) is 2.39. The van der Waals surface area contributed by atoms with Crippen LogP contribution in [0.5, 0.6) is 0 Å². The van der Waals surface area contributed by atoms with Gasteiger partial charge in [0.15, 0.2) is 0 Å². The highest BCUT2D eigenvalue weighted by Gasteiger charge is 2.18. The van der Waals surface area contributed by atoms with E-state index in [1.807, 2.05) is 0 Å². The molecule has 0 amide bonds. The lowest BCUT2D eigenvalue weighted by atomic mass is 10.2. The minimum absolute atomic E-state index is 0.291. The second-order valence-corrected chi connectivity index (χ2v) is 4.07. The van der Waals surface area contributed by atoms with Crippen LogP contribution in [0.4, 0.5) is 0 Å². The average molecular weight is 219 g/mol. The largest absolute Gasteiger partial charge is 0.374 e. The fourth-order valence-electron chi connectivity index (χ4n) is 1.56. The van der Waals surface area contributed by atoms with Crippen LogP contribution in [0.15, 0.2) is 11.6 Å². The van der Waals surface area contributed by atoms with Crippen LogP contribution in [0.3, 0.4) is 0 Å². The summed E-state index contributed by atoms with van der Waals surface area (Å²) < 4.78 is 5.61. The van der Waals surface area contributed by atoms with Gasteiger partial charge in [-0.15, -0.1) is 0 Å². The summed E-state index contributed by atoms with van der Waals surface area (Å²) in [5.41, 5.74) is 0. The summed E-state index contributed by atoms with van der Waals surface area (Å²) in [5.74, 6) is 0. The van der Waals surface area contributed by atoms with Gasteiger partial charge in [-0.05, 0) is 6.54 Å². The van der Waals surface area contributed by atoms with Crippen molar-refractivity contribution in [3.8, 4) is 0 Å². The predicted molar refractivity (Wildman–Crippen MR) is 59.7 cm³/mol. The molecule has 0 aromatic rings. The van der Waals surface area contributed by atoms with Crippen LogP contribution in [0.25, 0.3) is 0 Å². The molecule has 1 aliphatic rings. The Balaban J connectivity index is 2.14. The molecule has 82 valence electrons. The van der Waals surface area contributed by atoms with Gasteiger partial charge >= 0.3 is 0 Å². The molecule has 0 aromatic heterocycles. The Morgan fingerprint density at radius 3 is 3.14 bits per heavy atom.